The van der Waals surface area contributed by atoms with E-state index in [4.69, 9.17) is 10.6 Å². The van der Waals surface area contributed by atoms with Gasteiger partial charge in [0.2, 0.25) is 0 Å². The Morgan fingerprint density at radius 1 is 1.31 bits per heavy atom. The summed E-state index contributed by atoms with van der Waals surface area (Å²) in [6.07, 6.45) is 2.25. The third-order valence-corrected chi connectivity index (χ3v) is 6.62. The van der Waals surface area contributed by atoms with E-state index in [9.17, 15) is 5.11 Å². The lowest BCUT2D eigenvalue weighted by Gasteiger charge is -2.56. The second-order valence-corrected chi connectivity index (χ2v) is 9.17. The van der Waals surface area contributed by atoms with Crippen molar-refractivity contribution in [2.45, 2.75) is 71.3 Å². The Morgan fingerprint density at radius 3 is 2.69 bits per heavy atom. The van der Waals surface area contributed by atoms with E-state index >= 15 is 0 Å². The van der Waals surface area contributed by atoms with Crippen molar-refractivity contribution in [3.63, 3.8) is 0 Å². The Kier molecular flexibility index (Phi) is 5.19. The summed E-state index contributed by atoms with van der Waals surface area (Å²) in [6, 6.07) is 6.79. The van der Waals surface area contributed by atoms with E-state index in [0.29, 0.717) is 19.1 Å². The van der Waals surface area contributed by atoms with Crippen LogP contribution in [0.4, 0.5) is 0 Å². The zero-order chi connectivity index (χ0) is 19.1. The maximum Gasteiger partial charge on any atom is 0.129 e. The summed E-state index contributed by atoms with van der Waals surface area (Å²) in [4.78, 5) is 5.50. The number of hydrogen-bond acceptors (Lipinski definition) is 4. The highest BCUT2D eigenvalue weighted by atomic mass is 16.6. The van der Waals surface area contributed by atoms with Crippen molar-refractivity contribution >= 4 is 5.71 Å². The molecule has 0 heterocycles. The number of benzene rings is 1. The number of aliphatic hydroxyl groups is 1. The fourth-order valence-electron chi connectivity index (χ4n) is 5.35. The number of aliphatic hydroxyl groups excluding tert-OH is 1. The lowest BCUT2D eigenvalue weighted by molar-refractivity contribution is -0.0188. The normalized spacial score (nSPS) is 31.6. The molecule has 2 aliphatic carbocycles. The minimum atomic E-state index is -0.370. The first-order chi connectivity index (χ1) is 12.2. The Labute approximate surface area is 157 Å². The molecule has 0 amide bonds. The molecule has 0 radical (unpaired) electrons. The first-order valence-corrected chi connectivity index (χ1v) is 9.92. The predicted molar refractivity (Wildman–Crippen MR) is 107 cm³/mol. The Hall–Kier alpha value is -1.39. The molecule has 1 fully saturated rings. The van der Waals surface area contributed by atoms with Crippen molar-refractivity contribution < 1.29 is 9.94 Å². The van der Waals surface area contributed by atoms with Gasteiger partial charge in [-0.1, -0.05) is 51.0 Å². The van der Waals surface area contributed by atoms with Crippen LogP contribution in [0.25, 0.3) is 0 Å². The molecule has 2 unspecified atom stereocenters. The fraction of sp³-hybridized carbons (Fsp3) is 0.682. The smallest absolute Gasteiger partial charge is 0.129 e. The van der Waals surface area contributed by atoms with Gasteiger partial charge in [-0.3, -0.25) is 0 Å². The molecule has 3 atom stereocenters. The van der Waals surface area contributed by atoms with E-state index in [1.165, 1.54) is 16.7 Å². The maximum atomic E-state index is 11.2. The number of rotatable bonds is 4. The van der Waals surface area contributed by atoms with Crippen molar-refractivity contribution in [1.82, 2.24) is 0 Å². The van der Waals surface area contributed by atoms with Crippen LogP contribution in [0.5, 0.6) is 0 Å². The standard InChI is InChI=1S/C22H34N2O2/c1-14(2)15-6-7-17-16(12-15)13-18(25)20-21(3,4)9-8-19(22(17,20)5)24-26-11-10-23/h6-7,12,14,18,20,25H,8-11,13,23H2,1-5H3/t18?,20?,22-/m0/s1. The third-order valence-electron chi connectivity index (χ3n) is 6.62. The largest absolute Gasteiger partial charge is 0.394 e. The highest BCUT2D eigenvalue weighted by molar-refractivity contribution is 5.96. The minimum absolute atomic E-state index is 0.0511. The van der Waals surface area contributed by atoms with Crippen LogP contribution in [0.3, 0.4) is 0 Å². The van der Waals surface area contributed by atoms with Gasteiger partial charge in [-0.2, -0.15) is 0 Å². The summed E-state index contributed by atoms with van der Waals surface area (Å²) in [5.41, 5.74) is 10.2. The van der Waals surface area contributed by atoms with E-state index in [1.54, 1.807) is 0 Å². The second kappa shape index (κ2) is 6.97. The molecule has 1 aromatic carbocycles. The van der Waals surface area contributed by atoms with Gasteiger partial charge in [0.05, 0.1) is 11.8 Å². The quantitative estimate of drug-likeness (QED) is 0.636. The van der Waals surface area contributed by atoms with E-state index in [1.807, 2.05) is 0 Å². The number of oxime groups is 1. The van der Waals surface area contributed by atoms with Crippen LogP contribution in [-0.4, -0.2) is 30.1 Å². The molecule has 3 rings (SSSR count). The summed E-state index contributed by atoms with van der Waals surface area (Å²) in [7, 11) is 0. The SMILES string of the molecule is CC(C)c1ccc2c(c1)CC(O)C1C(C)(C)CCC(=NOCCN)[C@]21C. The number of nitrogens with two attached hydrogens (primary N) is 1. The lowest BCUT2D eigenvalue weighted by Crippen LogP contribution is -2.59. The molecule has 3 N–H and O–H groups in total. The van der Waals surface area contributed by atoms with Crippen LogP contribution in [0.2, 0.25) is 0 Å². The zero-order valence-corrected chi connectivity index (χ0v) is 16.9. The van der Waals surface area contributed by atoms with Gasteiger partial charge in [0, 0.05) is 17.9 Å². The predicted octanol–water partition coefficient (Wildman–Crippen LogP) is 3.75. The van der Waals surface area contributed by atoms with Gasteiger partial charge < -0.3 is 15.7 Å². The van der Waals surface area contributed by atoms with Crippen molar-refractivity contribution in [3.8, 4) is 0 Å². The van der Waals surface area contributed by atoms with Crippen molar-refractivity contribution in [3.05, 3.63) is 34.9 Å². The summed E-state index contributed by atoms with van der Waals surface area (Å²) >= 11 is 0. The molecular weight excluding hydrogens is 324 g/mol. The minimum Gasteiger partial charge on any atom is -0.394 e. The van der Waals surface area contributed by atoms with Gasteiger partial charge >= 0.3 is 0 Å². The molecule has 26 heavy (non-hydrogen) atoms. The van der Waals surface area contributed by atoms with E-state index in [-0.39, 0.29) is 22.9 Å². The van der Waals surface area contributed by atoms with Crippen molar-refractivity contribution in [2.24, 2.45) is 22.2 Å². The molecule has 0 saturated heterocycles. The number of fused-ring (bicyclic) bond motifs is 3. The summed E-state index contributed by atoms with van der Waals surface area (Å²) < 4.78 is 0. The average molecular weight is 359 g/mol. The Bertz CT molecular complexity index is 695. The van der Waals surface area contributed by atoms with Gasteiger partial charge in [0.1, 0.15) is 6.61 Å². The molecule has 0 spiro atoms. The lowest BCUT2D eigenvalue weighted by atomic mass is 9.48. The monoisotopic (exact) mass is 358 g/mol. The van der Waals surface area contributed by atoms with Gasteiger partial charge in [-0.05, 0) is 54.2 Å². The molecule has 2 aliphatic rings. The van der Waals surface area contributed by atoms with Gasteiger partial charge in [-0.15, -0.1) is 0 Å². The van der Waals surface area contributed by atoms with Gasteiger partial charge in [-0.25, -0.2) is 0 Å². The number of nitrogens with zero attached hydrogens (tertiary/aromatic N) is 1. The first kappa shape index (κ1) is 19.4. The molecule has 1 aromatic rings. The summed E-state index contributed by atoms with van der Waals surface area (Å²) in [5.74, 6) is 0.605. The van der Waals surface area contributed by atoms with Crippen LogP contribution in [0, 0.1) is 11.3 Å². The van der Waals surface area contributed by atoms with E-state index in [2.05, 4.69) is 58.0 Å². The zero-order valence-electron chi connectivity index (χ0n) is 16.9. The Balaban J connectivity index is 2.14. The molecule has 0 aromatic heterocycles. The van der Waals surface area contributed by atoms with Gasteiger partial charge in [0.15, 0.2) is 0 Å². The molecule has 0 aliphatic heterocycles. The van der Waals surface area contributed by atoms with Crippen LogP contribution in [0.1, 0.15) is 70.1 Å². The molecule has 4 nitrogen and oxygen atoms in total. The average Bonchev–Trinajstić information content (AvgIpc) is 2.56. The summed E-state index contributed by atoms with van der Waals surface area (Å²) in [5, 5.41) is 15.7. The number of hydrogen-bond donors (Lipinski definition) is 2. The Morgan fingerprint density at radius 2 is 2.04 bits per heavy atom. The maximum absolute atomic E-state index is 11.2. The van der Waals surface area contributed by atoms with Crippen LogP contribution in [0.15, 0.2) is 23.4 Å². The van der Waals surface area contributed by atoms with Crippen LogP contribution >= 0.6 is 0 Å². The van der Waals surface area contributed by atoms with E-state index in [0.717, 1.165) is 25.0 Å². The van der Waals surface area contributed by atoms with Crippen molar-refractivity contribution in [2.75, 3.05) is 13.2 Å². The molecule has 0 bridgehead atoms. The fourth-order valence-corrected chi connectivity index (χ4v) is 5.35. The highest BCUT2D eigenvalue weighted by Crippen LogP contribution is 2.56. The van der Waals surface area contributed by atoms with Crippen LogP contribution in [-0.2, 0) is 16.7 Å². The van der Waals surface area contributed by atoms with Crippen LogP contribution < -0.4 is 5.73 Å². The molecule has 1 saturated carbocycles. The first-order valence-electron chi connectivity index (χ1n) is 9.92. The van der Waals surface area contributed by atoms with E-state index < -0.39 is 0 Å². The molecular formula is C22H34N2O2. The molecule has 144 valence electrons. The summed E-state index contributed by atoms with van der Waals surface area (Å²) in [6.45, 7) is 12.1. The third kappa shape index (κ3) is 3.07. The second-order valence-electron chi connectivity index (χ2n) is 9.17. The van der Waals surface area contributed by atoms with Crippen molar-refractivity contribution in [1.29, 1.82) is 0 Å². The topological polar surface area (TPSA) is 67.8 Å². The molecule has 4 heteroatoms. The van der Waals surface area contributed by atoms with Gasteiger partial charge in [0.25, 0.3) is 0 Å². The highest BCUT2D eigenvalue weighted by Gasteiger charge is 2.57.